The second-order valence-electron chi connectivity index (χ2n) is 5.11. The third-order valence-corrected chi connectivity index (χ3v) is 3.38. The van der Waals surface area contributed by atoms with E-state index in [4.69, 9.17) is 5.26 Å². The first-order valence-electron chi connectivity index (χ1n) is 7.34. The third-order valence-electron chi connectivity index (χ3n) is 3.38. The number of benzene rings is 2. The summed E-state index contributed by atoms with van der Waals surface area (Å²) in [7, 11) is 0. The van der Waals surface area contributed by atoms with Crippen LogP contribution in [0.3, 0.4) is 0 Å². The monoisotopic (exact) mass is 325 g/mol. The van der Waals surface area contributed by atoms with E-state index in [-0.39, 0.29) is 24.6 Å². The molecular formula is C18H16FN3O2. The first-order chi connectivity index (χ1) is 11.5. The van der Waals surface area contributed by atoms with Crippen LogP contribution in [0.4, 0.5) is 15.8 Å². The van der Waals surface area contributed by atoms with E-state index in [0.717, 1.165) is 0 Å². The highest BCUT2D eigenvalue weighted by Gasteiger charge is 2.14. The Bertz CT molecular complexity index is 799. The van der Waals surface area contributed by atoms with Gasteiger partial charge in [0, 0.05) is 25.6 Å². The van der Waals surface area contributed by atoms with Crippen LogP contribution in [0.25, 0.3) is 0 Å². The molecular weight excluding hydrogens is 309 g/mol. The zero-order valence-electron chi connectivity index (χ0n) is 13.1. The molecule has 0 fully saturated rings. The number of nitrogens with zero attached hydrogens (tertiary/aromatic N) is 2. The van der Waals surface area contributed by atoms with E-state index in [1.54, 1.807) is 30.3 Å². The lowest BCUT2D eigenvalue weighted by molar-refractivity contribution is -0.117. The van der Waals surface area contributed by atoms with Gasteiger partial charge in [0.25, 0.3) is 0 Å². The first kappa shape index (κ1) is 17.2. The molecule has 0 aliphatic rings. The van der Waals surface area contributed by atoms with Gasteiger partial charge in [0.1, 0.15) is 5.82 Å². The lowest BCUT2D eigenvalue weighted by atomic mass is 10.2. The van der Waals surface area contributed by atoms with Crippen molar-refractivity contribution in [2.75, 3.05) is 16.8 Å². The number of nitrogens with one attached hydrogen (secondary N) is 1. The molecule has 0 bridgehead atoms. The highest BCUT2D eigenvalue weighted by atomic mass is 19.1. The Morgan fingerprint density at radius 2 is 1.96 bits per heavy atom. The van der Waals surface area contributed by atoms with Crippen molar-refractivity contribution in [3.63, 3.8) is 0 Å². The minimum atomic E-state index is -0.518. The quantitative estimate of drug-likeness (QED) is 0.918. The van der Waals surface area contributed by atoms with Crippen LogP contribution in [-0.2, 0) is 9.59 Å². The zero-order valence-corrected chi connectivity index (χ0v) is 13.1. The molecule has 2 amide bonds. The van der Waals surface area contributed by atoms with Crippen molar-refractivity contribution in [2.24, 2.45) is 0 Å². The van der Waals surface area contributed by atoms with Gasteiger partial charge >= 0.3 is 0 Å². The molecule has 0 aromatic heterocycles. The molecule has 0 aliphatic heterocycles. The maximum atomic E-state index is 13.5. The van der Waals surface area contributed by atoms with Gasteiger partial charge < -0.3 is 10.2 Å². The predicted octanol–water partition coefficient (Wildman–Crippen LogP) is 3.08. The number of hydrogen-bond acceptors (Lipinski definition) is 3. The van der Waals surface area contributed by atoms with Crippen LogP contribution in [0.5, 0.6) is 0 Å². The van der Waals surface area contributed by atoms with Crippen LogP contribution in [0.2, 0.25) is 0 Å². The first-order valence-corrected chi connectivity index (χ1v) is 7.34. The highest BCUT2D eigenvalue weighted by Crippen LogP contribution is 2.17. The average molecular weight is 325 g/mol. The van der Waals surface area contributed by atoms with Gasteiger partial charge in [0.05, 0.1) is 17.3 Å². The van der Waals surface area contributed by atoms with Gasteiger partial charge in [0.2, 0.25) is 11.8 Å². The molecule has 2 aromatic rings. The Morgan fingerprint density at radius 3 is 2.62 bits per heavy atom. The molecule has 0 saturated carbocycles. The number of anilines is 2. The van der Waals surface area contributed by atoms with E-state index >= 15 is 0 Å². The zero-order chi connectivity index (χ0) is 17.5. The average Bonchev–Trinajstić information content (AvgIpc) is 2.57. The minimum Gasteiger partial charge on any atom is -0.324 e. The standard InChI is InChI=1S/C18H16FN3O2/c1-13(23)22(15-6-4-5-14(11-15)12-20)10-9-18(24)21-17-8-3-2-7-16(17)19/h2-8,11H,9-10H2,1H3,(H,21,24). The summed E-state index contributed by atoms with van der Waals surface area (Å²) in [6.07, 6.45) is 0.00466. The van der Waals surface area contributed by atoms with E-state index < -0.39 is 11.7 Å². The second-order valence-corrected chi connectivity index (χ2v) is 5.11. The summed E-state index contributed by atoms with van der Waals surface area (Å²) >= 11 is 0. The van der Waals surface area contributed by atoms with Crippen molar-refractivity contribution in [2.45, 2.75) is 13.3 Å². The smallest absolute Gasteiger partial charge is 0.226 e. The summed E-state index contributed by atoms with van der Waals surface area (Å²) in [5.41, 5.74) is 1.07. The van der Waals surface area contributed by atoms with Gasteiger partial charge in [-0.05, 0) is 30.3 Å². The fraction of sp³-hybridized carbons (Fsp3) is 0.167. The maximum absolute atomic E-state index is 13.5. The van der Waals surface area contributed by atoms with Crippen molar-refractivity contribution < 1.29 is 14.0 Å². The Kier molecular flexibility index (Phi) is 5.63. The van der Waals surface area contributed by atoms with Crippen molar-refractivity contribution in [1.82, 2.24) is 0 Å². The van der Waals surface area contributed by atoms with Crippen LogP contribution in [0.15, 0.2) is 48.5 Å². The number of halogens is 1. The van der Waals surface area contributed by atoms with Crippen molar-refractivity contribution in [3.8, 4) is 6.07 Å². The van der Waals surface area contributed by atoms with Crippen molar-refractivity contribution >= 4 is 23.2 Å². The lowest BCUT2D eigenvalue weighted by Crippen LogP contribution is -2.32. The number of carbonyl (C=O) groups excluding carboxylic acids is 2. The molecule has 0 heterocycles. The summed E-state index contributed by atoms with van der Waals surface area (Å²) in [5, 5.41) is 11.4. The minimum absolute atomic E-state index is 0.00466. The third kappa shape index (κ3) is 4.40. The molecule has 0 saturated heterocycles. The largest absolute Gasteiger partial charge is 0.324 e. The number of para-hydroxylation sites is 1. The number of carbonyl (C=O) groups is 2. The van der Waals surface area contributed by atoms with Crippen LogP contribution in [0, 0.1) is 17.1 Å². The molecule has 0 unspecified atom stereocenters. The molecule has 122 valence electrons. The summed E-state index contributed by atoms with van der Waals surface area (Å²) in [6.45, 7) is 1.51. The van der Waals surface area contributed by atoms with E-state index in [9.17, 15) is 14.0 Å². The van der Waals surface area contributed by atoms with Crippen LogP contribution in [-0.4, -0.2) is 18.4 Å². The van der Waals surface area contributed by atoms with Gasteiger partial charge in [-0.1, -0.05) is 18.2 Å². The van der Waals surface area contributed by atoms with Gasteiger partial charge in [-0.3, -0.25) is 9.59 Å². The van der Waals surface area contributed by atoms with E-state index in [1.807, 2.05) is 6.07 Å². The van der Waals surface area contributed by atoms with Crippen LogP contribution in [0.1, 0.15) is 18.9 Å². The Hall–Kier alpha value is -3.20. The summed E-state index contributed by atoms with van der Waals surface area (Å²) in [4.78, 5) is 25.2. The van der Waals surface area contributed by atoms with Gasteiger partial charge in [-0.15, -0.1) is 0 Å². The lowest BCUT2D eigenvalue weighted by Gasteiger charge is -2.21. The SMILES string of the molecule is CC(=O)N(CCC(=O)Nc1ccccc1F)c1cccc(C#N)c1. The maximum Gasteiger partial charge on any atom is 0.226 e. The Labute approximate surface area is 139 Å². The van der Waals surface area contributed by atoms with E-state index in [2.05, 4.69) is 5.32 Å². The van der Waals surface area contributed by atoms with E-state index in [1.165, 1.54) is 30.0 Å². The Morgan fingerprint density at radius 1 is 1.21 bits per heavy atom. The van der Waals surface area contributed by atoms with Gasteiger partial charge in [-0.25, -0.2) is 4.39 Å². The number of nitriles is 1. The number of hydrogen-bond donors (Lipinski definition) is 1. The normalized spacial score (nSPS) is 9.88. The van der Waals surface area contributed by atoms with Gasteiger partial charge in [0.15, 0.2) is 0 Å². The molecule has 6 heteroatoms. The van der Waals surface area contributed by atoms with Gasteiger partial charge in [-0.2, -0.15) is 5.26 Å². The number of rotatable bonds is 5. The second kappa shape index (κ2) is 7.88. The molecule has 5 nitrogen and oxygen atoms in total. The van der Waals surface area contributed by atoms with Crippen molar-refractivity contribution in [1.29, 1.82) is 5.26 Å². The summed E-state index contributed by atoms with van der Waals surface area (Å²) in [6, 6.07) is 14.4. The molecule has 0 atom stereocenters. The Balaban J connectivity index is 2.04. The summed E-state index contributed by atoms with van der Waals surface area (Å²) < 4.78 is 13.5. The fourth-order valence-corrected chi connectivity index (χ4v) is 2.20. The molecule has 24 heavy (non-hydrogen) atoms. The van der Waals surface area contributed by atoms with Crippen LogP contribution < -0.4 is 10.2 Å². The molecule has 1 N–H and O–H groups in total. The number of amides is 2. The van der Waals surface area contributed by atoms with E-state index in [0.29, 0.717) is 11.3 Å². The fourth-order valence-electron chi connectivity index (χ4n) is 2.20. The molecule has 0 aliphatic carbocycles. The molecule has 2 rings (SSSR count). The highest BCUT2D eigenvalue weighted by molar-refractivity contribution is 5.94. The van der Waals surface area contributed by atoms with Crippen molar-refractivity contribution in [3.05, 3.63) is 59.9 Å². The van der Waals surface area contributed by atoms with Crippen LogP contribution >= 0.6 is 0 Å². The predicted molar refractivity (Wildman–Crippen MR) is 88.8 cm³/mol. The summed E-state index contributed by atoms with van der Waals surface area (Å²) in [5.74, 6) is -1.16. The molecule has 2 aromatic carbocycles. The topological polar surface area (TPSA) is 73.2 Å². The molecule has 0 spiro atoms. The molecule has 0 radical (unpaired) electrons.